The van der Waals surface area contributed by atoms with E-state index in [1.54, 1.807) is 31.2 Å². The van der Waals surface area contributed by atoms with Gasteiger partial charge in [0.15, 0.2) is 5.96 Å². The maximum atomic E-state index is 11.8. The Hall–Kier alpha value is -6.24. The first-order chi connectivity index (χ1) is 30.3. The average Bonchev–Trinajstić information content (AvgIpc) is 3.81. The van der Waals surface area contributed by atoms with Crippen LogP contribution in [0.3, 0.4) is 0 Å². The number of esters is 5. The number of benzene rings is 1. The van der Waals surface area contributed by atoms with E-state index in [9.17, 15) is 43.2 Å². The molecule has 0 saturated carbocycles. The molecule has 1 aromatic carbocycles. The zero-order valence-corrected chi connectivity index (χ0v) is 36.1. The molecule has 1 aliphatic heterocycles. The Morgan fingerprint density at radius 2 is 1.31 bits per heavy atom. The van der Waals surface area contributed by atoms with E-state index < -0.39 is 97.0 Å². The quantitative estimate of drug-likeness (QED) is 0.0145. The topological polar surface area (TPSA) is 541 Å². The second-order valence-electron chi connectivity index (χ2n) is 13.5. The monoisotopic (exact) mass is 935 g/mol. The zero-order valence-electron chi connectivity index (χ0n) is 36.1. The minimum Gasteiger partial charge on any atom is -0.480 e. The molecule has 1 aromatic rings. The molecule has 28 heteroatoms. The van der Waals surface area contributed by atoms with Crippen LogP contribution in [0.25, 0.3) is 0 Å². The van der Waals surface area contributed by atoms with E-state index in [0.29, 0.717) is 18.6 Å². The standard InChI is InChI=1S/C16H30N6O6.C11H14N2O4.C5H9NO2.C3H7NO3.C2H5NO2/c1-3-8(2)12(19)15(26)27-11(23)7-10(18)14(25)28-13(24)9(17)5-4-6-22-16(20)21;12-6-10(14)17-8-3-1-7(2-4-8)5-9(13)11(15)16;7-5(8)4-2-1-3-6-4;4-2(1-5)3(6)7;3-1-2(4)5/h8-10,12H,3-7,17-19H2,1-2H3,(H4,20,21,22);1-4,9H,5-6,12-13H2,(H,15,16);4,6H,1-3H2,(H,7,8);2,5H,1,4H2,(H,6,7);1,3H2,(H,4,5)/t8-,9-,10-,12-;9-;4-;2-;/m0000./s1. The van der Waals surface area contributed by atoms with Gasteiger partial charge in [-0.2, -0.15) is 0 Å². The largest absolute Gasteiger partial charge is 0.480 e. The van der Waals surface area contributed by atoms with Crippen molar-refractivity contribution in [3.05, 3.63) is 29.8 Å². The first-order valence-corrected chi connectivity index (χ1v) is 19.6. The second-order valence-corrected chi connectivity index (χ2v) is 13.5. The Balaban J connectivity index is -0.000000865. The molecule has 7 atom stereocenters. The first kappa shape index (κ1) is 63.1. The molecule has 1 saturated heterocycles. The van der Waals surface area contributed by atoms with E-state index in [4.69, 9.17) is 76.1 Å². The van der Waals surface area contributed by atoms with Crippen LogP contribution in [0, 0.1) is 5.92 Å². The van der Waals surface area contributed by atoms with Crippen LogP contribution < -0.4 is 61.7 Å². The van der Waals surface area contributed by atoms with Crippen LogP contribution in [0.1, 0.15) is 57.9 Å². The van der Waals surface area contributed by atoms with Crippen molar-refractivity contribution in [3.8, 4) is 5.75 Å². The van der Waals surface area contributed by atoms with E-state index in [-0.39, 0.29) is 50.4 Å². The van der Waals surface area contributed by atoms with E-state index in [1.807, 2.05) is 6.92 Å². The lowest BCUT2D eigenvalue weighted by Crippen LogP contribution is -2.42. The number of aliphatic imine (C=N–C) groups is 1. The summed E-state index contributed by atoms with van der Waals surface area (Å²) in [6.45, 7) is 3.70. The molecular weight excluding hydrogens is 870 g/mol. The van der Waals surface area contributed by atoms with Crippen LogP contribution in [0.15, 0.2) is 29.3 Å². The third-order valence-corrected chi connectivity index (χ3v) is 8.05. The fourth-order valence-electron chi connectivity index (χ4n) is 4.04. The van der Waals surface area contributed by atoms with E-state index in [2.05, 4.69) is 25.5 Å². The molecule has 24 N–H and O–H groups in total. The van der Waals surface area contributed by atoms with Gasteiger partial charge in [0.2, 0.25) is 0 Å². The number of guanidine groups is 1. The summed E-state index contributed by atoms with van der Waals surface area (Å²) in [7, 11) is 0. The highest BCUT2D eigenvalue weighted by atomic mass is 16.6. The number of nitrogens with one attached hydrogen (secondary N) is 1. The zero-order chi connectivity index (χ0) is 50.8. The van der Waals surface area contributed by atoms with Crippen molar-refractivity contribution in [2.75, 3.05) is 32.8 Å². The number of aliphatic hydroxyl groups excluding tert-OH is 1. The summed E-state index contributed by atoms with van der Waals surface area (Å²) in [5.74, 6) is -8.50. The number of carboxylic acid groups (broad SMARTS) is 4. The summed E-state index contributed by atoms with van der Waals surface area (Å²) in [5.41, 5.74) is 47.6. The van der Waals surface area contributed by atoms with Gasteiger partial charge in [-0.15, -0.1) is 0 Å². The number of carbonyl (C=O) groups is 9. The molecule has 1 fully saturated rings. The van der Waals surface area contributed by atoms with Crippen molar-refractivity contribution in [1.82, 2.24) is 5.32 Å². The Morgan fingerprint density at radius 1 is 0.769 bits per heavy atom. The molecule has 2 rings (SSSR count). The smallest absolute Gasteiger partial charge is 0.331 e. The normalized spacial score (nSPS) is 15.0. The van der Waals surface area contributed by atoms with Crippen molar-refractivity contribution in [1.29, 1.82) is 0 Å². The molecular formula is C37H65N11O17. The number of rotatable bonds is 20. The summed E-state index contributed by atoms with van der Waals surface area (Å²) in [5, 5.41) is 43.3. The lowest BCUT2D eigenvalue weighted by Gasteiger charge is -2.16. The van der Waals surface area contributed by atoms with Crippen molar-refractivity contribution in [3.63, 3.8) is 0 Å². The van der Waals surface area contributed by atoms with Gasteiger partial charge in [0.1, 0.15) is 42.0 Å². The van der Waals surface area contributed by atoms with Gasteiger partial charge in [-0.05, 0) is 62.3 Å². The third kappa shape index (κ3) is 33.0. The molecule has 0 unspecified atom stereocenters. The number of ether oxygens (including phenoxy) is 3. The van der Waals surface area contributed by atoms with Crippen LogP contribution in [-0.4, -0.2) is 154 Å². The molecule has 1 heterocycles. The highest BCUT2D eigenvalue weighted by Gasteiger charge is 2.28. The maximum Gasteiger partial charge on any atom is 0.331 e. The molecule has 28 nitrogen and oxygen atoms in total. The molecule has 0 aliphatic carbocycles. The summed E-state index contributed by atoms with van der Waals surface area (Å²) in [6.07, 6.45) is 2.52. The minimum atomic E-state index is -1.50. The van der Waals surface area contributed by atoms with Gasteiger partial charge in [0.05, 0.1) is 26.1 Å². The van der Waals surface area contributed by atoms with Crippen LogP contribution in [0.5, 0.6) is 5.75 Å². The van der Waals surface area contributed by atoms with E-state index in [0.717, 1.165) is 24.9 Å². The second kappa shape index (κ2) is 36.1. The highest BCUT2D eigenvalue weighted by Crippen LogP contribution is 2.13. The molecule has 0 radical (unpaired) electrons. The predicted molar refractivity (Wildman–Crippen MR) is 229 cm³/mol. The lowest BCUT2D eigenvalue weighted by atomic mass is 10.0. The summed E-state index contributed by atoms with van der Waals surface area (Å²) in [4.78, 5) is 101. The van der Waals surface area contributed by atoms with Crippen LogP contribution in [0.4, 0.5) is 0 Å². The Morgan fingerprint density at radius 3 is 1.69 bits per heavy atom. The lowest BCUT2D eigenvalue weighted by molar-refractivity contribution is -0.167. The van der Waals surface area contributed by atoms with Gasteiger partial charge in [0.25, 0.3) is 0 Å². The first-order valence-electron chi connectivity index (χ1n) is 19.6. The molecule has 65 heavy (non-hydrogen) atoms. The number of nitrogens with zero attached hydrogens (tertiary/aromatic N) is 1. The summed E-state index contributed by atoms with van der Waals surface area (Å²) in [6, 6.07) is 0.544. The van der Waals surface area contributed by atoms with E-state index in [1.165, 1.54) is 0 Å². The van der Waals surface area contributed by atoms with Gasteiger partial charge >= 0.3 is 53.7 Å². The highest BCUT2D eigenvalue weighted by molar-refractivity contribution is 5.94. The van der Waals surface area contributed by atoms with Crippen molar-refractivity contribution >= 4 is 59.7 Å². The van der Waals surface area contributed by atoms with Gasteiger partial charge in [-0.25, -0.2) is 14.4 Å². The number of aliphatic hydroxyl groups is 1. The number of hydrogen-bond acceptors (Lipinski definition) is 22. The Kier molecular flexibility index (Phi) is 35.1. The predicted octanol–water partition coefficient (Wildman–Crippen LogP) is -5.65. The number of hydrogen-bond donors (Lipinski definition) is 15. The Labute approximate surface area is 373 Å². The SMILES string of the molecule is CC[C@H](C)[C@H](N)C(=O)OC(=O)C[C@H](N)C(=O)OC(=O)[C@@H](N)CCCN=C(N)N.NCC(=O)O.NCC(=O)Oc1ccc(C[C@H](N)C(=O)O)cc1.N[C@@H](CO)C(=O)O.O=C(O)[C@@H]1CCCN1. The van der Waals surface area contributed by atoms with E-state index >= 15 is 0 Å². The third-order valence-electron chi connectivity index (χ3n) is 8.05. The maximum absolute atomic E-state index is 11.8. The Bertz CT molecular complexity index is 1680. The van der Waals surface area contributed by atoms with Crippen LogP contribution in [0.2, 0.25) is 0 Å². The number of aliphatic carboxylic acids is 4. The van der Waals surface area contributed by atoms with Crippen molar-refractivity contribution in [2.24, 2.45) is 62.5 Å². The number of carboxylic acids is 4. The van der Waals surface area contributed by atoms with Gasteiger partial charge < -0.3 is 96.7 Å². The van der Waals surface area contributed by atoms with Crippen LogP contribution in [-0.2, 0) is 59.0 Å². The van der Waals surface area contributed by atoms with Crippen molar-refractivity contribution < 1.29 is 82.9 Å². The molecule has 0 bridgehead atoms. The molecule has 370 valence electrons. The van der Waals surface area contributed by atoms with Gasteiger partial charge in [-0.1, -0.05) is 32.4 Å². The molecule has 0 aromatic heterocycles. The fourth-order valence-corrected chi connectivity index (χ4v) is 4.04. The minimum absolute atomic E-state index is 0.0900. The van der Waals surface area contributed by atoms with Crippen LogP contribution >= 0.6 is 0 Å². The number of nitrogens with two attached hydrogens (primary N) is 9. The number of carbonyl (C=O) groups excluding carboxylic acids is 5. The van der Waals surface area contributed by atoms with Gasteiger partial charge in [0, 0.05) is 6.54 Å². The van der Waals surface area contributed by atoms with Gasteiger partial charge in [-0.3, -0.25) is 33.8 Å². The molecule has 0 amide bonds. The summed E-state index contributed by atoms with van der Waals surface area (Å²) >= 11 is 0. The molecule has 1 aliphatic rings. The fraction of sp³-hybridized carbons (Fsp3) is 0.568. The average molecular weight is 936 g/mol. The van der Waals surface area contributed by atoms with Crippen molar-refractivity contribution in [2.45, 2.75) is 95.0 Å². The summed E-state index contributed by atoms with van der Waals surface area (Å²) < 4.78 is 14.0. The molecule has 0 spiro atoms.